The highest BCUT2D eigenvalue weighted by atomic mass is 16.2. The molecule has 1 amide bonds. The number of nitrogens with zero attached hydrogens (tertiary/aromatic N) is 3. The summed E-state index contributed by atoms with van der Waals surface area (Å²) in [6.07, 6.45) is 5.09. The number of carbonyl (C=O) groups is 1. The van der Waals surface area contributed by atoms with Gasteiger partial charge >= 0.3 is 0 Å². The third-order valence-corrected chi connectivity index (χ3v) is 5.10. The van der Waals surface area contributed by atoms with Crippen molar-refractivity contribution in [3.8, 4) is 0 Å². The molecule has 2 heterocycles. The molecular weight excluding hydrogens is 264 g/mol. The summed E-state index contributed by atoms with van der Waals surface area (Å²) in [7, 11) is 0. The fraction of sp³-hybridized carbons (Fsp3) is 0.438. The summed E-state index contributed by atoms with van der Waals surface area (Å²) in [6.45, 7) is 1.62. The van der Waals surface area contributed by atoms with Crippen LogP contribution in [-0.2, 0) is 0 Å². The number of carbonyl (C=O) groups excluding carboxylic acids is 1. The Labute approximate surface area is 123 Å². The largest absolute Gasteiger partial charge is 0.335 e. The second kappa shape index (κ2) is 4.69. The molecule has 0 bridgehead atoms. The van der Waals surface area contributed by atoms with Gasteiger partial charge in [-0.3, -0.25) is 9.89 Å². The number of H-pyrrole nitrogens is 1. The van der Waals surface area contributed by atoms with Gasteiger partial charge < -0.3 is 4.90 Å². The van der Waals surface area contributed by atoms with Crippen molar-refractivity contribution < 1.29 is 4.79 Å². The number of amides is 1. The fourth-order valence-electron chi connectivity index (χ4n) is 3.86. The van der Waals surface area contributed by atoms with Crippen LogP contribution in [0.25, 0.3) is 0 Å². The third-order valence-electron chi connectivity index (χ3n) is 5.10. The van der Waals surface area contributed by atoms with Crippen LogP contribution in [0.1, 0.15) is 41.4 Å². The zero-order valence-corrected chi connectivity index (χ0v) is 11.8. The Morgan fingerprint density at radius 1 is 1.29 bits per heavy atom. The first kappa shape index (κ1) is 12.6. The molecule has 1 saturated carbocycles. The molecule has 5 nitrogen and oxygen atoms in total. The molecule has 2 aliphatic rings. The number of benzene rings is 1. The maximum atomic E-state index is 12.5. The van der Waals surface area contributed by atoms with Crippen molar-refractivity contribution in [2.24, 2.45) is 5.41 Å². The van der Waals surface area contributed by atoms with Crippen LogP contribution in [-0.4, -0.2) is 39.1 Å². The van der Waals surface area contributed by atoms with Crippen LogP contribution in [0.4, 0.5) is 0 Å². The molecule has 21 heavy (non-hydrogen) atoms. The van der Waals surface area contributed by atoms with Crippen molar-refractivity contribution in [3.63, 3.8) is 0 Å². The number of likely N-dealkylation sites (tertiary alicyclic amines) is 1. The standard InChI is InChI=1S/C16H18N4O/c21-15(14-17-11-18-19-14)20-9-13(12-5-2-1-3-6-12)16(10-20)7-4-8-16/h1-3,5-6,11,13H,4,7-10H2,(H,17,18,19). The van der Waals surface area contributed by atoms with Crippen molar-refractivity contribution in [3.05, 3.63) is 48.0 Å². The maximum absolute atomic E-state index is 12.5. The molecule has 108 valence electrons. The lowest BCUT2D eigenvalue weighted by atomic mass is 9.61. The molecule has 1 spiro atoms. The second-order valence-electron chi connectivity index (χ2n) is 6.20. The van der Waals surface area contributed by atoms with E-state index in [1.807, 2.05) is 11.0 Å². The van der Waals surface area contributed by atoms with Gasteiger partial charge in [0, 0.05) is 19.0 Å². The van der Waals surface area contributed by atoms with Gasteiger partial charge in [0.2, 0.25) is 5.82 Å². The van der Waals surface area contributed by atoms with Crippen LogP contribution >= 0.6 is 0 Å². The van der Waals surface area contributed by atoms with E-state index in [1.165, 1.54) is 31.2 Å². The van der Waals surface area contributed by atoms with Crippen molar-refractivity contribution in [2.75, 3.05) is 13.1 Å². The smallest absolute Gasteiger partial charge is 0.291 e. The number of hydrogen-bond donors (Lipinski definition) is 1. The van der Waals surface area contributed by atoms with E-state index in [0.29, 0.717) is 11.7 Å². The molecule has 1 aliphatic carbocycles. The molecule has 4 rings (SSSR count). The Morgan fingerprint density at radius 3 is 2.71 bits per heavy atom. The summed E-state index contributed by atoms with van der Waals surface area (Å²) in [5.41, 5.74) is 1.63. The van der Waals surface area contributed by atoms with E-state index in [9.17, 15) is 4.79 Å². The molecular formula is C16H18N4O. The minimum Gasteiger partial charge on any atom is -0.335 e. The number of hydrogen-bond acceptors (Lipinski definition) is 3. The second-order valence-corrected chi connectivity index (χ2v) is 6.20. The summed E-state index contributed by atoms with van der Waals surface area (Å²) >= 11 is 0. The molecule has 1 saturated heterocycles. The Bertz CT molecular complexity index is 634. The summed E-state index contributed by atoms with van der Waals surface area (Å²) in [6, 6.07) is 10.6. The van der Waals surface area contributed by atoms with Crippen LogP contribution in [0, 0.1) is 5.41 Å². The Kier molecular flexibility index (Phi) is 2.80. The predicted octanol–water partition coefficient (Wildman–Crippen LogP) is 2.21. The minimum atomic E-state index is -0.0304. The highest BCUT2D eigenvalue weighted by molar-refractivity contribution is 5.90. The molecule has 2 aromatic rings. The molecule has 1 aromatic carbocycles. The molecule has 1 aliphatic heterocycles. The van der Waals surface area contributed by atoms with E-state index in [4.69, 9.17) is 0 Å². The number of nitrogens with one attached hydrogen (secondary N) is 1. The van der Waals surface area contributed by atoms with Crippen LogP contribution < -0.4 is 0 Å². The predicted molar refractivity (Wildman–Crippen MR) is 77.8 cm³/mol. The van der Waals surface area contributed by atoms with Crippen molar-refractivity contribution in [1.29, 1.82) is 0 Å². The van der Waals surface area contributed by atoms with Crippen LogP contribution in [0.5, 0.6) is 0 Å². The van der Waals surface area contributed by atoms with Gasteiger partial charge in [0.05, 0.1) is 0 Å². The highest BCUT2D eigenvalue weighted by Gasteiger charge is 2.52. The van der Waals surface area contributed by atoms with Gasteiger partial charge in [0.1, 0.15) is 6.33 Å². The number of rotatable bonds is 2. The van der Waals surface area contributed by atoms with Crippen molar-refractivity contribution in [1.82, 2.24) is 20.1 Å². The third kappa shape index (κ3) is 1.95. The van der Waals surface area contributed by atoms with Gasteiger partial charge in [-0.1, -0.05) is 36.8 Å². The lowest BCUT2D eigenvalue weighted by molar-refractivity contribution is 0.0714. The zero-order valence-electron chi connectivity index (χ0n) is 11.8. The maximum Gasteiger partial charge on any atom is 0.291 e. The molecule has 1 unspecified atom stereocenters. The fourth-order valence-corrected chi connectivity index (χ4v) is 3.86. The summed E-state index contributed by atoms with van der Waals surface area (Å²) in [5, 5.41) is 6.46. The van der Waals surface area contributed by atoms with Gasteiger partial charge in [0.15, 0.2) is 0 Å². The monoisotopic (exact) mass is 282 g/mol. The van der Waals surface area contributed by atoms with Crippen molar-refractivity contribution in [2.45, 2.75) is 25.2 Å². The van der Waals surface area contributed by atoms with Crippen LogP contribution in [0.3, 0.4) is 0 Å². The highest BCUT2D eigenvalue weighted by Crippen LogP contribution is 2.55. The van der Waals surface area contributed by atoms with Gasteiger partial charge in [0.25, 0.3) is 5.91 Å². The van der Waals surface area contributed by atoms with Crippen LogP contribution in [0.2, 0.25) is 0 Å². The Hall–Kier alpha value is -2.17. The first-order valence-corrected chi connectivity index (χ1v) is 7.48. The normalized spacial score (nSPS) is 23.2. The first-order chi connectivity index (χ1) is 10.3. The van der Waals surface area contributed by atoms with E-state index in [-0.39, 0.29) is 11.3 Å². The van der Waals surface area contributed by atoms with Crippen molar-refractivity contribution >= 4 is 5.91 Å². The van der Waals surface area contributed by atoms with E-state index in [2.05, 4.69) is 39.4 Å². The first-order valence-electron chi connectivity index (χ1n) is 7.48. The van der Waals surface area contributed by atoms with Gasteiger partial charge in [-0.05, 0) is 23.8 Å². The lowest BCUT2D eigenvalue weighted by Gasteiger charge is -2.43. The Morgan fingerprint density at radius 2 is 2.10 bits per heavy atom. The summed E-state index contributed by atoms with van der Waals surface area (Å²) in [5.74, 6) is 0.759. The number of aromatic amines is 1. The van der Waals surface area contributed by atoms with E-state index < -0.39 is 0 Å². The summed E-state index contributed by atoms with van der Waals surface area (Å²) in [4.78, 5) is 18.4. The SMILES string of the molecule is O=C(c1ncn[nH]1)N1CC(c2ccccc2)C2(CCC2)C1. The summed E-state index contributed by atoms with van der Waals surface area (Å²) < 4.78 is 0. The van der Waals surface area contributed by atoms with Gasteiger partial charge in [-0.25, -0.2) is 4.98 Å². The Balaban J connectivity index is 1.62. The molecule has 1 atom stereocenters. The molecule has 1 aromatic heterocycles. The molecule has 2 fully saturated rings. The zero-order chi connectivity index (χ0) is 14.3. The average molecular weight is 282 g/mol. The lowest BCUT2D eigenvalue weighted by Crippen LogP contribution is -2.38. The van der Waals surface area contributed by atoms with E-state index >= 15 is 0 Å². The average Bonchev–Trinajstić information content (AvgIpc) is 3.14. The van der Waals surface area contributed by atoms with Gasteiger partial charge in [-0.2, -0.15) is 5.10 Å². The van der Waals surface area contributed by atoms with Gasteiger partial charge in [-0.15, -0.1) is 0 Å². The minimum absolute atomic E-state index is 0.0304. The molecule has 1 N–H and O–H groups in total. The number of aromatic nitrogens is 3. The van der Waals surface area contributed by atoms with E-state index in [1.54, 1.807) is 0 Å². The molecule has 0 radical (unpaired) electrons. The topological polar surface area (TPSA) is 61.9 Å². The molecule has 5 heteroatoms. The van der Waals surface area contributed by atoms with E-state index in [0.717, 1.165) is 13.1 Å². The quantitative estimate of drug-likeness (QED) is 0.918. The van der Waals surface area contributed by atoms with Crippen LogP contribution in [0.15, 0.2) is 36.7 Å².